The molecule has 0 saturated heterocycles. The van der Waals surface area contributed by atoms with Gasteiger partial charge in [-0.05, 0) is 42.5 Å². The molecule has 148 valence electrons. The fourth-order valence-corrected chi connectivity index (χ4v) is 3.51. The van der Waals surface area contributed by atoms with E-state index in [1.165, 1.54) is 36.5 Å². The fourth-order valence-electron chi connectivity index (χ4n) is 2.44. The van der Waals surface area contributed by atoms with Crippen LogP contribution in [0.5, 0.6) is 0 Å². The average Bonchev–Trinajstić information content (AvgIpc) is 2.73. The summed E-state index contributed by atoms with van der Waals surface area (Å²) in [7, 11) is -3.77. The van der Waals surface area contributed by atoms with Crippen molar-refractivity contribution in [2.24, 2.45) is 0 Å². The van der Waals surface area contributed by atoms with Crippen molar-refractivity contribution in [2.45, 2.75) is 4.90 Å². The zero-order valence-corrected chi connectivity index (χ0v) is 16.0. The van der Waals surface area contributed by atoms with Gasteiger partial charge in [-0.2, -0.15) is 0 Å². The molecule has 0 aliphatic carbocycles. The van der Waals surface area contributed by atoms with Gasteiger partial charge in [0.15, 0.2) is 0 Å². The Bertz CT molecular complexity index is 1100. The largest absolute Gasteiger partial charge is 0.343 e. The number of benzene rings is 2. The first kappa shape index (κ1) is 20.0. The Morgan fingerprint density at radius 3 is 2.38 bits per heavy atom. The van der Waals surface area contributed by atoms with E-state index in [0.717, 1.165) is 0 Å². The molecule has 0 aliphatic rings. The minimum absolute atomic E-state index is 0.113. The Hall–Kier alpha value is -3.72. The summed E-state index contributed by atoms with van der Waals surface area (Å²) in [5.74, 6) is -0.917. The number of anilines is 2. The van der Waals surface area contributed by atoms with Gasteiger partial charge in [0.1, 0.15) is 0 Å². The molecule has 9 heteroatoms. The van der Waals surface area contributed by atoms with Gasteiger partial charge in [-0.25, -0.2) is 8.42 Å². The predicted molar refractivity (Wildman–Crippen MR) is 109 cm³/mol. The van der Waals surface area contributed by atoms with Gasteiger partial charge >= 0.3 is 0 Å². The number of nitrogens with zero attached hydrogens (tertiary/aromatic N) is 1. The van der Waals surface area contributed by atoms with Crippen LogP contribution in [-0.4, -0.2) is 31.8 Å². The van der Waals surface area contributed by atoms with Crippen LogP contribution in [0.3, 0.4) is 0 Å². The van der Waals surface area contributed by atoms with Gasteiger partial charge in [0, 0.05) is 17.4 Å². The van der Waals surface area contributed by atoms with E-state index in [4.69, 9.17) is 0 Å². The van der Waals surface area contributed by atoms with E-state index in [-0.39, 0.29) is 22.7 Å². The normalized spacial score (nSPS) is 10.8. The van der Waals surface area contributed by atoms with Crippen LogP contribution in [0.25, 0.3) is 0 Å². The van der Waals surface area contributed by atoms with Gasteiger partial charge in [-0.15, -0.1) is 0 Å². The van der Waals surface area contributed by atoms with Crippen molar-refractivity contribution in [3.05, 3.63) is 84.7 Å². The smallest absolute Gasteiger partial charge is 0.261 e. The molecular weight excluding hydrogens is 392 g/mol. The topological polar surface area (TPSA) is 117 Å². The van der Waals surface area contributed by atoms with Crippen LogP contribution in [0, 0.1) is 0 Å². The van der Waals surface area contributed by atoms with Crippen LogP contribution in [0.1, 0.15) is 10.4 Å². The van der Waals surface area contributed by atoms with Crippen molar-refractivity contribution < 1.29 is 18.0 Å². The number of aromatic nitrogens is 1. The molecule has 0 atom stereocenters. The summed E-state index contributed by atoms with van der Waals surface area (Å²) in [4.78, 5) is 28.2. The standard InChI is InChI=1S/C20H18N4O4S/c25-19(23-17-8-5-11-21-13-17)14-22-20(26)15-6-4-7-16(12-15)24-29(27,28)18-9-2-1-3-10-18/h1-13,24H,14H2,(H,22,26)(H,23,25). The molecule has 0 aliphatic heterocycles. The van der Waals surface area contributed by atoms with E-state index in [9.17, 15) is 18.0 Å². The summed E-state index contributed by atoms with van der Waals surface area (Å²) in [6.07, 6.45) is 3.07. The number of sulfonamides is 1. The predicted octanol–water partition coefficient (Wildman–Crippen LogP) is 2.25. The van der Waals surface area contributed by atoms with Gasteiger partial charge in [0.05, 0.1) is 23.3 Å². The summed E-state index contributed by atoms with van der Waals surface area (Å²) in [6.45, 7) is -0.242. The second-order valence-corrected chi connectivity index (χ2v) is 7.65. The summed E-state index contributed by atoms with van der Waals surface area (Å²) in [5, 5.41) is 5.09. The van der Waals surface area contributed by atoms with Crippen molar-refractivity contribution in [1.29, 1.82) is 0 Å². The van der Waals surface area contributed by atoms with Gasteiger partial charge in [-0.1, -0.05) is 24.3 Å². The Kier molecular flexibility index (Phi) is 6.20. The number of nitrogens with one attached hydrogen (secondary N) is 3. The number of rotatable bonds is 7. The van der Waals surface area contributed by atoms with Crippen LogP contribution >= 0.6 is 0 Å². The van der Waals surface area contributed by atoms with Crippen LogP contribution in [0.2, 0.25) is 0 Å². The highest BCUT2D eigenvalue weighted by Gasteiger charge is 2.15. The van der Waals surface area contributed by atoms with Crippen molar-refractivity contribution in [3.8, 4) is 0 Å². The third-order valence-electron chi connectivity index (χ3n) is 3.79. The lowest BCUT2D eigenvalue weighted by atomic mass is 10.2. The molecule has 0 spiro atoms. The second kappa shape index (κ2) is 8.98. The monoisotopic (exact) mass is 410 g/mol. The first-order valence-electron chi connectivity index (χ1n) is 8.60. The first-order valence-corrected chi connectivity index (χ1v) is 10.1. The molecule has 1 aromatic heterocycles. The van der Waals surface area contributed by atoms with Crippen LogP contribution in [-0.2, 0) is 14.8 Å². The Morgan fingerprint density at radius 1 is 0.897 bits per heavy atom. The van der Waals surface area contributed by atoms with Crippen molar-refractivity contribution in [2.75, 3.05) is 16.6 Å². The first-order chi connectivity index (χ1) is 13.9. The highest BCUT2D eigenvalue weighted by molar-refractivity contribution is 7.92. The molecular formula is C20H18N4O4S. The SMILES string of the molecule is O=C(CNC(=O)c1cccc(NS(=O)(=O)c2ccccc2)c1)Nc1cccnc1. The molecule has 8 nitrogen and oxygen atoms in total. The lowest BCUT2D eigenvalue weighted by Gasteiger charge is -2.10. The molecule has 29 heavy (non-hydrogen) atoms. The van der Waals surface area contributed by atoms with E-state index in [2.05, 4.69) is 20.3 Å². The summed E-state index contributed by atoms with van der Waals surface area (Å²) >= 11 is 0. The number of amides is 2. The molecule has 0 fully saturated rings. The minimum Gasteiger partial charge on any atom is -0.343 e. The highest BCUT2D eigenvalue weighted by atomic mass is 32.2. The van der Waals surface area contributed by atoms with Gasteiger partial charge < -0.3 is 10.6 Å². The lowest BCUT2D eigenvalue weighted by Crippen LogP contribution is -2.32. The number of carbonyl (C=O) groups is 2. The number of hydrogen-bond donors (Lipinski definition) is 3. The maximum absolute atomic E-state index is 12.4. The molecule has 3 rings (SSSR count). The quantitative estimate of drug-likeness (QED) is 0.552. The molecule has 0 saturated carbocycles. The highest BCUT2D eigenvalue weighted by Crippen LogP contribution is 2.17. The zero-order chi connectivity index (χ0) is 20.7. The van der Waals surface area contributed by atoms with Gasteiger partial charge in [0.25, 0.3) is 15.9 Å². The molecule has 2 amide bonds. The maximum atomic E-state index is 12.4. The van der Waals surface area contributed by atoms with Crippen LogP contribution in [0.15, 0.2) is 84.0 Å². The van der Waals surface area contributed by atoms with Crippen LogP contribution in [0.4, 0.5) is 11.4 Å². The fraction of sp³-hybridized carbons (Fsp3) is 0.0500. The number of hydrogen-bond acceptors (Lipinski definition) is 5. The minimum atomic E-state index is -3.77. The zero-order valence-electron chi connectivity index (χ0n) is 15.2. The third kappa shape index (κ3) is 5.63. The molecule has 0 radical (unpaired) electrons. The molecule has 2 aromatic carbocycles. The average molecular weight is 410 g/mol. The summed E-state index contributed by atoms with van der Waals surface area (Å²) in [5.41, 5.74) is 0.970. The summed E-state index contributed by atoms with van der Waals surface area (Å²) in [6, 6.07) is 17.3. The maximum Gasteiger partial charge on any atom is 0.261 e. The molecule has 0 unspecified atom stereocenters. The van der Waals surface area contributed by atoms with Crippen LogP contribution < -0.4 is 15.4 Å². The Morgan fingerprint density at radius 2 is 1.66 bits per heavy atom. The van der Waals surface area contributed by atoms with Crippen molar-refractivity contribution in [1.82, 2.24) is 10.3 Å². The van der Waals surface area contributed by atoms with Gasteiger partial charge in [0.2, 0.25) is 5.91 Å². The number of carbonyl (C=O) groups excluding carboxylic acids is 2. The summed E-state index contributed by atoms with van der Waals surface area (Å²) < 4.78 is 27.2. The van der Waals surface area contributed by atoms with E-state index >= 15 is 0 Å². The second-order valence-electron chi connectivity index (χ2n) is 5.97. The molecule has 3 aromatic rings. The van der Waals surface area contributed by atoms with E-state index in [1.54, 1.807) is 42.6 Å². The lowest BCUT2D eigenvalue weighted by molar-refractivity contribution is -0.115. The molecule has 0 bridgehead atoms. The molecule has 3 N–H and O–H groups in total. The Balaban J connectivity index is 1.61. The number of pyridine rings is 1. The van der Waals surface area contributed by atoms with E-state index < -0.39 is 21.8 Å². The van der Waals surface area contributed by atoms with E-state index in [0.29, 0.717) is 5.69 Å². The van der Waals surface area contributed by atoms with Crippen molar-refractivity contribution >= 4 is 33.2 Å². The van der Waals surface area contributed by atoms with Crippen molar-refractivity contribution in [3.63, 3.8) is 0 Å². The Labute approximate surface area is 168 Å². The molecule has 1 heterocycles. The van der Waals surface area contributed by atoms with E-state index in [1.807, 2.05) is 0 Å². The third-order valence-corrected chi connectivity index (χ3v) is 5.18. The van der Waals surface area contributed by atoms with Gasteiger partial charge in [-0.3, -0.25) is 19.3 Å².